The van der Waals surface area contributed by atoms with Gasteiger partial charge in [0.2, 0.25) is 0 Å². The molecule has 34 heavy (non-hydrogen) atoms. The number of rotatable bonds is 6. The highest BCUT2D eigenvalue weighted by molar-refractivity contribution is 5.86. The van der Waals surface area contributed by atoms with Gasteiger partial charge in [-0.1, -0.05) is 26.0 Å². The van der Waals surface area contributed by atoms with Crippen molar-refractivity contribution in [3.8, 4) is 16.9 Å². The number of benzene rings is 2. The standard InChI is InChI=1S/C26H28FNO6/c1-15(2)12-21(28-25(31)34-26(3,4)5)24(30)33-18-10-11-19-22(13-18)32-14-20(23(19)29)16-6-8-17(27)9-7-16/h6-11,13-15,21H,12H2,1-5H3,(H,28,31). The van der Waals surface area contributed by atoms with Crippen molar-refractivity contribution in [1.82, 2.24) is 5.32 Å². The second-order valence-corrected chi connectivity index (χ2v) is 9.39. The Hall–Kier alpha value is -3.68. The molecule has 3 aromatic rings. The summed E-state index contributed by atoms with van der Waals surface area (Å²) >= 11 is 0. The Bertz CT molecular complexity index is 1240. The minimum atomic E-state index is -0.918. The van der Waals surface area contributed by atoms with Crippen molar-refractivity contribution in [2.24, 2.45) is 5.92 Å². The first-order valence-electron chi connectivity index (χ1n) is 11.0. The molecule has 7 nitrogen and oxygen atoms in total. The van der Waals surface area contributed by atoms with Crippen LogP contribution in [0.3, 0.4) is 0 Å². The molecule has 0 fully saturated rings. The number of carbonyl (C=O) groups excluding carboxylic acids is 2. The third kappa shape index (κ3) is 6.43. The van der Waals surface area contributed by atoms with Crippen LogP contribution in [0.25, 0.3) is 22.1 Å². The lowest BCUT2D eigenvalue weighted by Gasteiger charge is -2.23. The molecule has 0 saturated carbocycles. The third-order valence-electron chi connectivity index (χ3n) is 4.80. The molecule has 1 amide bonds. The zero-order valence-corrected chi connectivity index (χ0v) is 19.8. The molecule has 0 saturated heterocycles. The molecule has 0 radical (unpaired) electrons. The topological polar surface area (TPSA) is 94.8 Å². The number of hydrogen-bond acceptors (Lipinski definition) is 6. The molecule has 0 spiro atoms. The van der Waals surface area contributed by atoms with E-state index in [9.17, 15) is 18.8 Å². The van der Waals surface area contributed by atoms with Crippen LogP contribution >= 0.6 is 0 Å². The molecule has 1 aromatic heterocycles. The Morgan fingerprint density at radius 1 is 1.09 bits per heavy atom. The van der Waals surface area contributed by atoms with E-state index < -0.39 is 29.5 Å². The van der Waals surface area contributed by atoms with Gasteiger partial charge < -0.3 is 19.2 Å². The summed E-state index contributed by atoms with van der Waals surface area (Å²) in [5, 5.41) is 2.85. The average Bonchev–Trinajstić information content (AvgIpc) is 2.72. The molecule has 3 rings (SSSR count). The highest BCUT2D eigenvalue weighted by atomic mass is 19.1. The van der Waals surface area contributed by atoms with Crippen LogP contribution in [0.2, 0.25) is 0 Å². The lowest BCUT2D eigenvalue weighted by atomic mass is 10.0. The number of carbonyl (C=O) groups is 2. The molecule has 0 bridgehead atoms. The largest absolute Gasteiger partial charge is 0.463 e. The highest BCUT2D eigenvalue weighted by Crippen LogP contribution is 2.24. The fraction of sp³-hybridized carbons (Fsp3) is 0.346. The van der Waals surface area contributed by atoms with Gasteiger partial charge >= 0.3 is 12.1 Å². The van der Waals surface area contributed by atoms with E-state index in [1.54, 1.807) is 20.8 Å². The molecule has 1 heterocycles. The van der Waals surface area contributed by atoms with E-state index >= 15 is 0 Å². The maximum absolute atomic E-state index is 13.2. The van der Waals surface area contributed by atoms with Crippen LogP contribution in [-0.2, 0) is 9.53 Å². The SMILES string of the molecule is CC(C)CC(NC(=O)OC(C)(C)C)C(=O)Oc1ccc2c(=O)c(-c3ccc(F)cc3)coc2c1. The Balaban J connectivity index is 1.81. The Morgan fingerprint density at radius 2 is 1.76 bits per heavy atom. The van der Waals surface area contributed by atoms with E-state index in [1.807, 2.05) is 13.8 Å². The van der Waals surface area contributed by atoms with Gasteiger partial charge in [-0.15, -0.1) is 0 Å². The second-order valence-electron chi connectivity index (χ2n) is 9.39. The number of nitrogens with one attached hydrogen (secondary N) is 1. The number of fused-ring (bicyclic) bond motifs is 1. The van der Waals surface area contributed by atoms with E-state index in [-0.39, 0.29) is 33.6 Å². The molecule has 0 aliphatic heterocycles. The average molecular weight is 470 g/mol. The smallest absolute Gasteiger partial charge is 0.408 e. The lowest BCUT2D eigenvalue weighted by Crippen LogP contribution is -2.45. The summed E-state index contributed by atoms with van der Waals surface area (Å²) < 4.78 is 29.5. The van der Waals surface area contributed by atoms with Gasteiger partial charge in [-0.05, 0) is 62.9 Å². The second kappa shape index (κ2) is 10.1. The van der Waals surface area contributed by atoms with E-state index in [1.165, 1.54) is 48.7 Å². The number of ether oxygens (including phenoxy) is 2. The minimum Gasteiger partial charge on any atom is -0.463 e. The van der Waals surface area contributed by atoms with Gasteiger partial charge in [-0.25, -0.2) is 14.0 Å². The van der Waals surface area contributed by atoms with Gasteiger partial charge in [-0.2, -0.15) is 0 Å². The summed E-state index contributed by atoms with van der Waals surface area (Å²) in [6.07, 6.45) is 0.921. The number of hydrogen-bond donors (Lipinski definition) is 1. The predicted molar refractivity (Wildman–Crippen MR) is 126 cm³/mol. The van der Waals surface area contributed by atoms with Crippen LogP contribution in [0.5, 0.6) is 5.75 Å². The number of esters is 1. The molecule has 8 heteroatoms. The van der Waals surface area contributed by atoms with Crippen LogP contribution in [0, 0.1) is 11.7 Å². The molecule has 1 unspecified atom stereocenters. The summed E-state index contributed by atoms with van der Waals surface area (Å²) in [4.78, 5) is 37.9. The van der Waals surface area contributed by atoms with Crippen molar-refractivity contribution in [3.05, 3.63) is 64.8 Å². The maximum atomic E-state index is 13.2. The van der Waals surface area contributed by atoms with Crippen LogP contribution < -0.4 is 15.5 Å². The first kappa shape index (κ1) is 25.0. The van der Waals surface area contributed by atoms with Gasteiger partial charge in [0.05, 0.1) is 10.9 Å². The molecule has 1 N–H and O–H groups in total. The zero-order valence-electron chi connectivity index (χ0n) is 19.8. The summed E-state index contributed by atoms with van der Waals surface area (Å²) in [6, 6.07) is 9.01. The summed E-state index contributed by atoms with van der Waals surface area (Å²) in [5.41, 5.74) is 0.0312. The van der Waals surface area contributed by atoms with Crippen molar-refractivity contribution >= 4 is 23.0 Å². The van der Waals surface area contributed by atoms with Crippen molar-refractivity contribution in [2.45, 2.75) is 52.7 Å². The third-order valence-corrected chi connectivity index (χ3v) is 4.80. The van der Waals surface area contributed by atoms with Gasteiger partial charge in [0.1, 0.15) is 35.1 Å². The van der Waals surface area contributed by atoms with Crippen LogP contribution in [0.15, 0.2) is 57.9 Å². The number of alkyl carbamates (subject to hydrolysis) is 1. The maximum Gasteiger partial charge on any atom is 0.408 e. The lowest BCUT2D eigenvalue weighted by molar-refractivity contribution is -0.137. The highest BCUT2D eigenvalue weighted by Gasteiger charge is 2.27. The van der Waals surface area contributed by atoms with Gasteiger partial charge in [0.25, 0.3) is 0 Å². The summed E-state index contributed by atoms with van der Waals surface area (Å²) in [6.45, 7) is 9.02. The number of amides is 1. The zero-order chi connectivity index (χ0) is 25.0. The van der Waals surface area contributed by atoms with Crippen molar-refractivity contribution < 1.29 is 27.9 Å². The predicted octanol–water partition coefficient (Wildman–Crippen LogP) is 5.44. The summed E-state index contributed by atoms with van der Waals surface area (Å²) in [7, 11) is 0. The van der Waals surface area contributed by atoms with E-state index in [0.29, 0.717) is 12.0 Å². The van der Waals surface area contributed by atoms with Gasteiger partial charge in [0.15, 0.2) is 5.43 Å². The Morgan fingerprint density at radius 3 is 2.38 bits per heavy atom. The molecule has 1 atom stereocenters. The van der Waals surface area contributed by atoms with Crippen LogP contribution in [0.1, 0.15) is 41.0 Å². The summed E-state index contributed by atoms with van der Waals surface area (Å²) in [5.74, 6) is -0.802. The van der Waals surface area contributed by atoms with Gasteiger partial charge in [0, 0.05) is 6.07 Å². The normalized spacial score (nSPS) is 12.4. The van der Waals surface area contributed by atoms with Crippen molar-refractivity contribution in [1.29, 1.82) is 0 Å². The molecule has 180 valence electrons. The molecule has 0 aliphatic rings. The van der Waals surface area contributed by atoms with E-state index in [4.69, 9.17) is 13.9 Å². The first-order chi connectivity index (χ1) is 15.9. The van der Waals surface area contributed by atoms with Gasteiger partial charge in [-0.3, -0.25) is 4.79 Å². The van der Waals surface area contributed by atoms with Crippen molar-refractivity contribution in [2.75, 3.05) is 0 Å². The molecular formula is C26H28FNO6. The van der Waals surface area contributed by atoms with E-state index in [0.717, 1.165) is 0 Å². The monoisotopic (exact) mass is 469 g/mol. The van der Waals surface area contributed by atoms with E-state index in [2.05, 4.69) is 5.32 Å². The quantitative estimate of drug-likeness (QED) is 0.381. The molecule has 2 aromatic carbocycles. The first-order valence-corrected chi connectivity index (χ1v) is 11.0. The Kier molecular flexibility index (Phi) is 7.39. The van der Waals surface area contributed by atoms with Crippen LogP contribution in [-0.4, -0.2) is 23.7 Å². The fourth-order valence-electron chi connectivity index (χ4n) is 3.32. The van der Waals surface area contributed by atoms with Crippen molar-refractivity contribution in [3.63, 3.8) is 0 Å². The van der Waals surface area contributed by atoms with Crippen LogP contribution in [0.4, 0.5) is 9.18 Å². The minimum absolute atomic E-state index is 0.104. The number of halogens is 1. The Labute approximate surface area is 196 Å². The molecule has 0 aliphatic carbocycles. The fourth-order valence-corrected chi connectivity index (χ4v) is 3.32. The molecular weight excluding hydrogens is 441 g/mol.